The van der Waals surface area contributed by atoms with Crippen molar-refractivity contribution in [1.29, 1.82) is 0 Å². The van der Waals surface area contributed by atoms with Crippen LogP contribution in [0.3, 0.4) is 0 Å². The number of ether oxygens (including phenoxy) is 2. The van der Waals surface area contributed by atoms with Crippen LogP contribution in [0.1, 0.15) is 39.8 Å². The van der Waals surface area contributed by atoms with Crippen LogP contribution in [0.5, 0.6) is 11.5 Å². The van der Waals surface area contributed by atoms with Gasteiger partial charge in [0, 0.05) is 23.0 Å². The van der Waals surface area contributed by atoms with Crippen molar-refractivity contribution in [2.75, 3.05) is 14.2 Å². The second-order valence-electron chi connectivity index (χ2n) is 11.2. The second-order valence-corrected chi connectivity index (χ2v) is 11.6. The number of amides is 2. The third-order valence-electron chi connectivity index (χ3n) is 8.77. The molecule has 1 spiro atoms. The zero-order valence-electron chi connectivity index (χ0n) is 25.0. The molecule has 5 aromatic rings. The SMILES string of the molecule is COc1ccc(C2/C(=C/c3ccccc3)c3noc(-c4ccccc4)c3C(c3ccc(OC)cc3)C23C(=O)NC(=S)NC3=O)cc1. The Balaban J connectivity index is 1.63. The van der Waals surface area contributed by atoms with E-state index in [1.54, 1.807) is 14.2 Å². The number of benzene rings is 4. The maximum atomic E-state index is 14.8. The number of fused-ring (bicyclic) bond motifs is 1. The van der Waals surface area contributed by atoms with Crippen molar-refractivity contribution >= 4 is 40.8 Å². The minimum absolute atomic E-state index is 0.0458. The molecule has 1 fully saturated rings. The Morgan fingerprint density at radius 1 is 0.739 bits per heavy atom. The minimum atomic E-state index is -1.77. The molecule has 46 heavy (non-hydrogen) atoms. The fourth-order valence-electron chi connectivity index (χ4n) is 6.76. The molecule has 0 bridgehead atoms. The van der Waals surface area contributed by atoms with Gasteiger partial charge in [0.05, 0.1) is 14.2 Å². The molecule has 1 aliphatic carbocycles. The molecule has 228 valence electrons. The molecule has 9 heteroatoms. The van der Waals surface area contributed by atoms with Crippen molar-refractivity contribution < 1.29 is 23.6 Å². The molecular formula is C37H29N3O5S. The molecule has 2 aliphatic rings. The van der Waals surface area contributed by atoms with Crippen molar-refractivity contribution in [3.63, 3.8) is 0 Å². The fourth-order valence-corrected chi connectivity index (χ4v) is 6.95. The number of methoxy groups -OCH3 is 2. The highest BCUT2D eigenvalue weighted by molar-refractivity contribution is 7.80. The summed E-state index contributed by atoms with van der Waals surface area (Å²) < 4.78 is 17.1. The maximum Gasteiger partial charge on any atom is 0.243 e. The molecule has 2 N–H and O–H groups in total. The summed E-state index contributed by atoms with van der Waals surface area (Å²) in [6, 6.07) is 34.1. The van der Waals surface area contributed by atoms with Gasteiger partial charge in [-0.15, -0.1) is 0 Å². The lowest BCUT2D eigenvalue weighted by molar-refractivity contribution is -0.145. The van der Waals surface area contributed by atoms with Crippen LogP contribution in [-0.4, -0.2) is 36.3 Å². The number of carbonyl (C=O) groups is 2. The maximum absolute atomic E-state index is 14.8. The van der Waals surface area contributed by atoms with Gasteiger partial charge in [-0.3, -0.25) is 9.59 Å². The van der Waals surface area contributed by atoms with E-state index in [4.69, 9.17) is 31.4 Å². The third kappa shape index (κ3) is 4.67. The average molecular weight is 628 g/mol. The summed E-state index contributed by atoms with van der Waals surface area (Å²) in [5, 5.41) is 10.3. The number of thiocarbonyl (C=S) groups is 1. The van der Waals surface area contributed by atoms with E-state index in [9.17, 15) is 9.59 Å². The van der Waals surface area contributed by atoms with Crippen LogP contribution in [-0.2, 0) is 9.59 Å². The number of carbonyl (C=O) groups excluding carboxylic acids is 2. The van der Waals surface area contributed by atoms with Gasteiger partial charge in [0.25, 0.3) is 0 Å². The lowest BCUT2D eigenvalue weighted by atomic mass is 9.52. The lowest BCUT2D eigenvalue weighted by Gasteiger charge is -2.49. The summed E-state index contributed by atoms with van der Waals surface area (Å²) in [4.78, 5) is 29.6. The topological polar surface area (TPSA) is 103 Å². The van der Waals surface area contributed by atoms with E-state index in [1.807, 2.05) is 115 Å². The summed E-state index contributed by atoms with van der Waals surface area (Å²) in [7, 11) is 3.18. The molecule has 2 amide bonds. The Kier molecular flexibility index (Phi) is 7.46. The number of nitrogens with one attached hydrogen (secondary N) is 2. The van der Waals surface area contributed by atoms with E-state index >= 15 is 0 Å². The summed E-state index contributed by atoms with van der Waals surface area (Å²) in [6.45, 7) is 0. The molecule has 0 radical (unpaired) electrons. The van der Waals surface area contributed by atoms with Crippen molar-refractivity contribution in [2.24, 2.45) is 5.41 Å². The standard InChI is InChI=1S/C37H29N3O5S/c1-43-26-17-13-23(14-18-26)30-28(21-22-9-5-3-6-10-22)32-29(33(45-40-32)25-11-7-4-8-12-25)31(24-15-19-27(44-2)20-16-24)37(30)34(41)38-36(46)39-35(37)42/h3-21,30-31H,1-2H3,(H2,38,39,41,42,46)/b28-21-. The monoisotopic (exact) mass is 627 g/mol. The predicted octanol–water partition coefficient (Wildman–Crippen LogP) is 6.35. The highest BCUT2D eigenvalue weighted by Crippen LogP contribution is 2.63. The number of hydrogen-bond donors (Lipinski definition) is 2. The van der Waals surface area contributed by atoms with Crippen LogP contribution >= 0.6 is 12.2 Å². The molecule has 1 saturated heterocycles. The highest BCUT2D eigenvalue weighted by Gasteiger charge is 2.66. The molecule has 7 rings (SSSR count). The molecule has 8 nitrogen and oxygen atoms in total. The fraction of sp³-hybridized carbons (Fsp3) is 0.135. The van der Waals surface area contributed by atoms with Crippen molar-refractivity contribution in [3.8, 4) is 22.8 Å². The third-order valence-corrected chi connectivity index (χ3v) is 8.98. The van der Waals surface area contributed by atoms with Gasteiger partial charge >= 0.3 is 0 Å². The minimum Gasteiger partial charge on any atom is -0.497 e. The first-order chi connectivity index (χ1) is 22.4. The van der Waals surface area contributed by atoms with Gasteiger partial charge in [-0.2, -0.15) is 0 Å². The van der Waals surface area contributed by atoms with Gasteiger partial charge < -0.3 is 24.6 Å². The van der Waals surface area contributed by atoms with Gasteiger partial charge in [0.15, 0.2) is 16.3 Å². The Bertz CT molecular complexity index is 1950. The van der Waals surface area contributed by atoms with E-state index < -0.39 is 29.1 Å². The molecule has 0 saturated carbocycles. The van der Waals surface area contributed by atoms with Crippen molar-refractivity contribution in [3.05, 3.63) is 137 Å². The van der Waals surface area contributed by atoms with E-state index in [2.05, 4.69) is 10.6 Å². The van der Waals surface area contributed by atoms with Crippen molar-refractivity contribution in [1.82, 2.24) is 15.8 Å². The Morgan fingerprint density at radius 2 is 1.26 bits per heavy atom. The quantitative estimate of drug-likeness (QED) is 0.167. The Morgan fingerprint density at radius 3 is 1.80 bits per heavy atom. The normalized spacial score (nSPS) is 19.3. The van der Waals surface area contributed by atoms with Gasteiger partial charge in [0.2, 0.25) is 11.8 Å². The summed E-state index contributed by atoms with van der Waals surface area (Å²) >= 11 is 5.34. The van der Waals surface area contributed by atoms with Crippen LogP contribution in [0.2, 0.25) is 0 Å². The van der Waals surface area contributed by atoms with E-state index in [1.165, 1.54) is 0 Å². The molecule has 4 aromatic carbocycles. The van der Waals surface area contributed by atoms with Crippen LogP contribution in [0.4, 0.5) is 0 Å². The zero-order valence-corrected chi connectivity index (χ0v) is 25.8. The van der Waals surface area contributed by atoms with E-state index in [0.717, 1.165) is 16.7 Å². The van der Waals surface area contributed by atoms with Crippen LogP contribution < -0.4 is 20.1 Å². The summed E-state index contributed by atoms with van der Waals surface area (Å²) in [6.07, 6.45) is 1.98. The van der Waals surface area contributed by atoms with Gasteiger partial charge in [-0.25, -0.2) is 0 Å². The molecule has 2 atom stereocenters. The number of rotatable bonds is 6. The van der Waals surface area contributed by atoms with E-state index in [-0.39, 0.29) is 5.11 Å². The van der Waals surface area contributed by atoms with Crippen LogP contribution in [0.15, 0.2) is 114 Å². The zero-order chi connectivity index (χ0) is 31.8. The second kappa shape index (κ2) is 11.8. The highest BCUT2D eigenvalue weighted by atomic mass is 32.1. The molecular weight excluding hydrogens is 598 g/mol. The average Bonchev–Trinajstić information content (AvgIpc) is 3.53. The van der Waals surface area contributed by atoms with Gasteiger partial charge in [-0.1, -0.05) is 90.1 Å². The summed E-state index contributed by atoms with van der Waals surface area (Å²) in [5.74, 6) is -0.969. The lowest BCUT2D eigenvalue weighted by Crippen LogP contribution is -2.67. The van der Waals surface area contributed by atoms with Crippen LogP contribution in [0.25, 0.3) is 23.0 Å². The molecule has 2 unspecified atom stereocenters. The first-order valence-corrected chi connectivity index (χ1v) is 15.1. The number of allylic oxidation sites excluding steroid dienone is 1. The molecule has 1 aromatic heterocycles. The summed E-state index contributed by atoms with van der Waals surface area (Å²) in [5.41, 5.74) is 3.13. The Labute approximate surface area is 271 Å². The first-order valence-electron chi connectivity index (χ1n) is 14.7. The first kappa shape index (κ1) is 29.2. The van der Waals surface area contributed by atoms with Gasteiger partial charge in [-0.05, 0) is 64.8 Å². The molecule has 2 heterocycles. The van der Waals surface area contributed by atoms with Gasteiger partial charge in [0.1, 0.15) is 17.2 Å². The predicted molar refractivity (Wildman–Crippen MR) is 178 cm³/mol. The number of hydrogen-bond acceptors (Lipinski definition) is 7. The van der Waals surface area contributed by atoms with Crippen molar-refractivity contribution in [2.45, 2.75) is 11.8 Å². The number of aromatic nitrogens is 1. The number of nitrogens with zero attached hydrogens (tertiary/aromatic N) is 1. The largest absolute Gasteiger partial charge is 0.497 e. The van der Waals surface area contributed by atoms with E-state index in [0.29, 0.717) is 39.7 Å². The molecule has 1 aliphatic heterocycles. The Hall–Kier alpha value is -5.54. The smallest absolute Gasteiger partial charge is 0.243 e. The van der Waals surface area contributed by atoms with Crippen LogP contribution in [0, 0.1) is 5.41 Å².